The number of fused-ring (bicyclic) bond motifs is 1. The number of nitro benzene ring substituents is 1. The van der Waals surface area contributed by atoms with Crippen molar-refractivity contribution in [2.45, 2.75) is 32.7 Å². The molecule has 1 fully saturated rings. The van der Waals surface area contributed by atoms with E-state index in [9.17, 15) is 19.7 Å². The van der Waals surface area contributed by atoms with Gasteiger partial charge in [-0.1, -0.05) is 6.07 Å². The smallest absolute Gasteiger partial charge is 0.274 e. The van der Waals surface area contributed by atoms with Crippen molar-refractivity contribution in [3.05, 3.63) is 56.9 Å². The van der Waals surface area contributed by atoms with Gasteiger partial charge in [0.2, 0.25) is 0 Å². The number of piperazine rings is 1. The molecule has 0 spiro atoms. The first-order valence-corrected chi connectivity index (χ1v) is 9.84. The molecular weight excluding hydrogens is 374 g/mol. The summed E-state index contributed by atoms with van der Waals surface area (Å²) in [5, 5.41) is 15.6. The van der Waals surface area contributed by atoms with E-state index < -0.39 is 4.92 Å². The fraction of sp³-hybridized carbons (Fsp3) is 0.450. The third-order valence-corrected chi connectivity index (χ3v) is 5.64. The highest BCUT2D eigenvalue weighted by atomic mass is 16.6. The molecule has 152 valence electrons. The van der Waals surface area contributed by atoms with Crippen molar-refractivity contribution < 1.29 is 14.5 Å². The molecule has 0 atom stereocenters. The lowest BCUT2D eigenvalue weighted by Gasteiger charge is -2.34. The fourth-order valence-corrected chi connectivity index (χ4v) is 3.92. The molecule has 4 rings (SSSR count). The standard InChI is InChI=1S/C20H23N5O4/c1-14-5-6-15(12-18(14)25(28)29)19(26)22-8-10-23(11-9-22)20(27)17-13-16-4-2-3-7-24(16)21-17/h5-6,12-13H,2-4,7-11H2,1H3. The zero-order chi connectivity index (χ0) is 20.5. The molecule has 2 aliphatic heterocycles. The Hall–Kier alpha value is -3.23. The van der Waals surface area contributed by atoms with Crippen LogP contribution in [0.3, 0.4) is 0 Å². The van der Waals surface area contributed by atoms with E-state index in [4.69, 9.17) is 0 Å². The van der Waals surface area contributed by atoms with Crippen molar-refractivity contribution in [1.29, 1.82) is 0 Å². The van der Waals surface area contributed by atoms with Crippen LogP contribution in [0.4, 0.5) is 5.69 Å². The normalized spacial score (nSPS) is 16.4. The number of hydrogen-bond acceptors (Lipinski definition) is 5. The van der Waals surface area contributed by atoms with Crippen molar-refractivity contribution in [1.82, 2.24) is 19.6 Å². The van der Waals surface area contributed by atoms with Crippen molar-refractivity contribution in [2.24, 2.45) is 0 Å². The van der Waals surface area contributed by atoms with Gasteiger partial charge >= 0.3 is 0 Å². The molecule has 1 aromatic carbocycles. The van der Waals surface area contributed by atoms with Gasteiger partial charge in [0.1, 0.15) is 0 Å². The number of nitrogens with zero attached hydrogens (tertiary/aromatic N) is 5. The Balaban J connectivity index is 1.41. The van der Waals surface area contributed by atoms with E-state index in [1.165, 1.54) is 6.07 Å². The summed E-state index contributed by atoms with van der Waals surface area (Å²) in [6, 6.07) is 6.40. The number of aryl methyl sites for hydroxylation is 3. The van der Waals surface area contributed by atoms with Crippen molar-refractivity contribution in [3.63, 3.8) is 0 Å². The minimum atomic E-state index is -0.479. The van der Waals surface area contributed by atoms with E-state index in [0.717, 1.165) is 31.5 Å². The molecule has 2 aliphatic rings. The van der Waals surface area contributed by atoms with Crippen LogP contribution in [0.25, 0.3) is 0 Å². The third kappa shape index (κ3) is 3.72. The molecular formula is C20H23N5O4. The summed E-state index contributed by atoms with van der Waals surface area (Å²) in [5.74, 6) is -0.359. The van der Waals surface area contributed by atoms with Gasteiger partial charge in [-0.05, 0) is 38.3 Å². The molecule has 0 unspecified atom stereocenters. The maximum Gasteiger partial charge on any atom is 0.274 e. The number of amides is 2. The number of rotatable bonds is 3. The first-order chi connectivity index (χ1) is 13.9. The molecule has 0 radical (unpaired) electrons. The number of aromatic nitrogens is 2. The topological polar surface area (TPSA) is 102 Å². The van der Waals surface area contributed by atoms with Crippen LogP contribution in [0.2, 0.25) is 0 Å². The van der Waals surface area contributed by atoms with E-state index in [1.807, 2.05) is 10.7 Å². The Morgan fingerprint density at radius 2 is 1.69 bits per heavy atom. The van der Waals surface area contributed by atoms with Gasteiger partial charge in [-0.3, -0.25) is 24.4 Å². The van der Waals surface area contributed by atoms with Crippen LogP contribution < -0.4 is 0 Å². The highest BCUT2D eigenvalue weighted by molar-refractivity contribution is 5.96. The second-order valence-corrected chi connectivity index (χ2v) is 7.54. The monoisotopic (exact) mass is 397 g/mol. The molecule has 1 aromatic heterocycles. The number of nitro groups is 1. The lowest BCUT2D eigenvalue weighted by molar-refractivity contribution is -0.385. The van der Waals surface area contributed by atoms with Crippen LogP contribution in [0.5, 0.6) is 0 Å². The maximum atomic E-state index is 12.8. The number of hydrogen-bond donors (Lipinski definition) is 0. The van der Waals surface area contributed by atoms with Crippen molar-refractivity contribution in [2.75, 3.05) is 26.2 Å². The molecule has 9 heteroatoms. The van der Waals surface area contributed by atoms with Crippen LogP contribution in [-0.4, -0.2) is 62.5 Å². The number of carbonyl (C=O) groups excluding carboxylic acids is 2. The number of benzene rings is 1. The minimum absolute atomic E-state index is 0.0617. The predicted molar refractivity (Wildman–Crippen MR) is 105 cm³/mol. The molecule has 9 nitrogen and oxygen atoms in total. The largest absolute Gasteiger partial charge is 0.335 e. The van der Waals surface area contributed by atoms with Crippen LogP contribution in [0.1, 0.15) is 44.9 Å². The quantitative estimate of drug-likeness (QED) is 0.583. The van der Waals surface area contributed by atoms with Crippen LogP contribution in [0.15, 0.2) is 24.3 Å². The lowest BCUT2D eigenvalue weighted by atomic mass is 10.1. The van der Waals surface area contributed by atoms with Gasteiger partial charge in [0.05, 0.1) is 4.92 Å². The van der Waals surface area contributed by atoms with Gasteiger partial charge < -0.3 is 9.80 Å². The molecule has 3 heterocycles. The summed E-state index contributed by atoms with van der Waals surface area (Å²) in [6.07, 6.45) is 3.16. The summed E-state index contributed by atoms with van der Waals surface area (Å²) in [5.41, 5.74) is 2.33. The highest BCUT2D eigenvalue weighted by Crippen LogP contribution is 2.21. The minimum Gasteiger partial charge on any atom is -0.335 e. The zero-order valence-corrected chi connectivity index (χ0v) is 16.3. The summed E-state index contributed by atoms with van der Waals surface area (Å²) >= 11 is 0. The van der Waals surface area contributed by atoms with E-state index >= 15 is 0 Å². The SMILES string of the molecule is Cc1ccc(C(=O)N2CCN(C(=O)c3cc4n(n3)CCCC4)CC2)cc1[N+](=O)[O-]. The summed E-state index contributed by atoms with van der Waals surface area (Å²) in [6.45, 7) is 4.11. The summed E-state index contributed by atoms with van der Waals surface area (Å²) in [7, 11) is 0. The van der Waals surface area contributed by atoms with Crippen LogP contribution in [-0.2, 0) is 13.0 Å². The van der Waals surface area contributed by atoms with Crippen LogP contribution in [0, 0.1) is 17.0 Å². The Labute approximate surface area is 168 Å². The second-order valence-electron chi connectivity index (χ2n) is 7.54. The second kappa shape index (κ2) is 7.65. The van der Waals surface area contributed by atoms with Gasteiger partial charge in [-0.25, -0.2) is 0 Å². The predicted octanol–water partition coefficient (Wildman–Crippen LogP) is 2.03. The van der Waals surface area contributed by atoms with Crippen molar-refractivity contribution >= 4 is 17.5 Å². The Kier molecular flexibility index (Phi) is 5.04. The molecule has 0 bridgehead atoms. The molecule has 1 saturated heterocycles. The lowest BCUT2D eigenvalue weighted by Crippen LogP contribution is -2.50. The average molecular weight is 397 g/mol. The zero-order valence-electron chi connectivity index (χ0n) is 16.3. The first-order valence-electron chi connectivity index (χ1n) is 9.84. The van der Waals surface area contributed by atoms with Gasteiger partial charge in [0.15, 0.2) is 5.69 Å². The first kappa shape index (κ1) is 19.1. The van der Waals surface area contributed by atoms with E-state index in [1.54, 1.807) is 28.9 Å². The maximum absolute atomic E-state index is 12.8. The van der Waals surface area contributed by atoms with Gasteiger partial charge in [0, 0.05) is 55.6 Å². The molecule has 0 saturated carbocycles. The van der Waals surface area contributed by atoms with Crippen molar-refractivity contribution in [3.8, 4) is 0 Å². The Bertz CT molecular complexity index is 952. The molecule has 0 N–H and O–H groups in total. The molecule has 2 aromatic rings. The average Bonchev–Trinajstić information content (AvgIpc) is 3.17. The Morgan fingerprint density at radius 3 is 2.34 bits per heavy atom. The summed E-state index contributed by atoms with van der Waals surface area (Å²) < 4.78 is 1.92. The highest BCUT2D eigenvalue weighted by Gasteiger charge is 2.28. The van der Waals surface area contributed by atoms with E-state index in [2.05, 4.69) is 5.10 Å². The third-order valence-electron chi connectivity index (χ3n) is 5.64. The van der Waals surface area contributed by atoms with Gasteiger partial charge in [0.25, 0.3) is 17.5 Å². The van der Waals surface area contributed by atoms with E-state index in [0.29, 0.717) is 43.0 Å². The summed E-state index contributed by atoms with van der Waals surface area (Å²) in [4.78, 5) is 39.5. The van der Waals surface area contributed by atoms with Gasteiger partial charge in [-0.15, -0.1) is 0 Å². The van der Waals surface area contributed by atoms with Gasteiger partial charge in [-0.2, -0.15) is 5.10 Å². The van der Waals surface area contributed by atoms with Crippen LogP contribution >= 0.6 is 0 Å². The fourth-order valence-electron chi connectivity index (χ4n) is 3.92. The molecule has 0 aliphatic carbocycles. The molecule has 2 amide bonds. The van der Waals surface area contributed by atoms with E-state index in [-0.39, 0.29) is 17.5 Å². The number of carbonyl (C=O) groups is 2. The molecule has 29 heavy (non-hydrogen) atoms. The Morgan fingerprint density at radius 1 is 1.00 bits per heavy atom.